The van der Waals surface area contributed by atoms with E-state index in [0.29, 0.717) is 46.9 Å². The van der Waals surface area contributed by atoms with Crippen LogP contribution in [0, 0.1) is 0 Å². The number of anilines is 2. The molecule has 0 radical (unpaired) electrons. The Balaban J connectivity index is 0.000000228. The molecule has 324 valence electrons. The van der Waals surface area contributed by atoms with Crippen LogP contribution in [0.15, 0.2) is 85.2 Å². The number of benzene rings is 2. The average molecular weight is 900 g/mol. The number of likely N-dealkylation sites (N-methyl/N-ethyl adjacent to an activating group) is 2. The van der Waals surface area contributed by atoms with Gasteiger partial charge in [0.2, 0.25) is 6.79 Å². The van der Waals surface area contributed by atoms with E-state index in [4.69, 9.17) is 65.6 Å². The monoisotopic (exact) mass is 898 g/mol. The Labute approximate surface area is 367 Å². The number of carbonyl (C=O) groups excluding carboxylic acids is 5. The van der Waals surface area contributed by atoms with E-state index >= 15 is 0 Å². The van der Waals surface area contributed by atoms with Gasteiger partial charge in [-0.15, -0.1) is 0 Å². The highest BCUT2D eigenvalue weighted by Crippen LogP contribution is 2.44. The number of esters is 1. The number of aromatic nitrogens is 2. The quantitative estimate of drug-likeness (QED) is 0.0825. The number of carboxylic acids is 1. The molecule has 2 aromatic carbocycles. The maximum absolute atomic E-state index is 13.0. The van der Waals surface area contributed by atoms with E-state index < -0.39 is 42.0 Å². The first-order valence-electron chi connectivity index (χ1n) is 18.9. The number of aromatic carboxylic acids is 1. The van der Waals surface area contributed by atoms with Gasteiger partial charge in [-0.1, -0.05) is 71.2 Å². The average Bonchev–Trinajstić information content (AvgIpc) is 3.25. The summed E-state index contributed by atoms with van der Waals surface area (Å²) in [6.07, 6.45) is 6.33. The van der Waals surface area contributed by atoms with Gasteiger partial charge in [-0.2, -0.15) is 0 Å². The predicted molar refractivity (Wildman–Crippen MR) is 227 cm³/mol. The molecule has 2 aliphatic carbocycles. The molecule has 2 fully saturated rings. The Morgan fingerprint density at radius 1 is 0.672 bits per heavy atom. The van der Waals surface area contributed by atoms with E-state index in [0.717, 1.165) is 25.7 Å². The van der Waals surface area contributed by atoms with Crippen molar-refractivity contribution in [1.82, 2.24) is 19.8 Å². The maximum atomic E-state index is 13.0. The van der Waals surface area contributed by atoms with E-state index in [1.165, 1.54) is 53.5 Å². The normalized spacial score (nSPS) is 18.2. The molecule has 2 amide bonds. The van der Waals surface area contributed by atoms with Crippen LogP contribution in [-0.2, 0) is 34.9 Å². The number of amides is 2. The standard InChI is InChI=1S/C21H22ClN3O5.C15H17Cl2NO3.C6H6N2O2/c1-25(20(28)30-13-29-19(27)14-7-6-12-24-18(14)23)21(11-5-4-10-17(21)26)15-8-2-3-9-16(15)22;1-18(14(20)21-10-16)15(9-5-4-8-13(15)19)11-6-2-3-7-12(11)17;7-5-4(6(9)10)2-1-3-8-5/h2-3,6-9,12H,4-5,10-11,13H2,1H3,(H2,23,24);2-3,6-7H,4-5,8-10H2,1H3;1-3H,(H2,7,8)(H,9,10)/t21-;15-;/m11./s1. The molecule has 2 heterocycles. The van der Waals surface area contributed by atoms with Gasteiger partial charge in [0.1, 0.15) is 33.8 Å². The van der Waals surface area contributed by atoms with Gasteiger partial charge in [0.15, 0.2) is 17.6 Å². The minimum absolute atomic E-state index is 0.0106. The number of Topliss-reactive ketones (excluding diaryl/α,β-unsaturated/α-hetero) is 2. The van der Waals surface area contributed by atoms with Gasteiger partial charge in [-0.3, -0.25) is 19.4 Å². The number of hydrogen-bond acceptors (Lipinski definition) is 13. The highest BCUT2D eigenvalue weighted by molar-refractivity contribution is 6.32. The van der Waals surface area contributed by atoms with E-state index in [9.17, 15) is 28.8 Å². The molecule has 4 aromatic rings. The Morgan fingerprint density at radius 3 is 1.51 bits per heavy atom. The second kappa shape index (κ2) is 22.0. The fourth-order valence-corrected chi connectivity index (χ4v) is 7.89. The largest absolute Gasteiger partial charge is 0.478 e. The third-order valence-electron chi connectivity index (χ3n) is 10.3. The maximum Gasteiger partial charge on any atom is 0.413 e. The second-order valence-corrected chi connectivity index (χ2v) is 14.7. The molecule has 0 saturated heterocycles. The lowest BCUT2D eigenvalue weighted by molar-refractivity contribution is -0.134. The summed E-state index contributed by atoms with van der Waals surface area (Å²) in [6, 6.07) is 19.7. The topological polar surface area (TPSA) is 235 Å². The number of carbonyl (C=O) groups is 6. The summed E-state index contributed by atoms with van der Waals surface area (Å²) in [7, 11) is 3.04. The molecular weight excluding hydrogens is 855 g/mol. The number of pyridine rings is 2. The zero-order valence-corrected chi connectivity index (χ0v) is 35.6. The minimum atomic E-state index is -1.23. The Morgan fingerprint density at radius 2 is 1.11 bits per heavy atom. The van der Waals surface area contributed by atoms with Crippen LogP contribution in [0.4, 0.5) is 21.2 Å². The molecule has 2 atom stereocenters. The van der Waals surface area contributed by atoms with Crippen LogP contribution in [0.25, 0.3) is 0 Å². The van der Waals surface area contributed by atoms with Crippen LogP contribution < -0.4 is 11.5 Å². The summed E-state index contributed by atoms with van der Waals surface area (Å²) in [5.74, 6) is -1.89. The molecule has 5 N–H and O–H groups in total. The molecule has 2 aliphatic rings. The van der Waals surface area contributed by atoms with Crippen LogP contribution >= 0.6 is 34.8 Å². The van der Waals surface area contributed by atoms with Gasteiger partial charge in [0.05, 0.1) is 0 Å². The van der Waals surface area contributed by atoms with Crippen LogP contribution in [0.2, 0.25) is 10.0 Å². The highest BCUT2D eigenvalue weighted by atomic mass is 35.5. The van der Waals surface area contributed by atoms with Crippen molar-refractivity contribution in [2.24, 2.45) is 0 Å². The van der Waals surface area contributed by atoms with Crippen molar-refractivity contribution in [3.8, 4) is 0 Å². The Kier molecular flexibility index (Phi) is 17.2. The third kappa shape index (κ3) is 11.1. The Bertz CT molecular complexity index is 2230. The van der Waals surface area contributed by atoms with Crippen molar-refractivity contribution in [2.75, 3.05) is 38.4 Å². The first-order valence-corrected chi connectivity index (χ1v) is 20.2. The first-order chi connectivity index (χ1) is 29.1. The molecule has 2 aromatic heterocycles. The number of halogens is 3. The highest BCUT2D eigenvalue weighted by Gasteiger charge is 2.50. The van der Waals surface area contributed by atoms with Gasteiger partial charge in [0.25, 0.3) is 0 Å². The smallest absolute Gasteiger partial charge is 0.413 e. The molecule has 16 nitrogen and oxygen atoms in total. The number of hydrogen-bond donors (Lipinski definition) is 3. The van der Waals surface area contributed by atoms with Crippen LogP contribution in [0.1, 0.15) is 83.2 Å². The number of nitrogens with zero attached hydrogens (tertiary/aromatic N) is 4. The van der Waals surface area contributed by atoms with E-state index in [2.05, 4.69) is 9.97 Å². The van der Waals surface area contributed by atoms with Gasteiger partial charge in [-0.25, -0.2) is 29.1 Å². The fraction of sp³-hybridized carbons (Fsp3) is 0.333. The van der Waals surface area contributed by atoms with Crippen molar-refractivity contribution in [3.63, 3.8) is 0 Å². The number of nitrogens with two attached hydrogens (primary N) is 2. The second-order valence-electron chi connectivity index (χ2n) is 13.7. The van der Waals surface area contributed by atoms with Gasteiger partial charge >= 0.3 is 24.1 Å². The minimum Gasteiger partial charge on any atom is -0.478 e. The SMILES string of the molecule is CN(C(=O)OCCl)[C@@]1(c2ccccc2Cl)CCCCC1=O.CN(C(=O)OCOC(=O)c1cccnc1N)[C@@]1(c2ccccc2Cl)CCCCC1=O.Nc1ncccc1C(=O)O. The number of alkyl halides is 1. The van der Waals surface area contributed by atoms with E-state index in [1.54, 1.807) is 49.5 Å². The molecule has 19 heteroatoms. The summed E-state index contributed by atoms with van der Waals surface area (Å²) in [5.41, 5.74) is 9.87. The number of carboxylic acid groups (broad SMARTS) is 1. The Hall–Kier alpha value is -5.97. The van der Waals surface area contributed by atoms with Crippen molar-refractivity contribution < 1.29 is 48.1 Å². The van der Waals surface area contributed by atoms with Crippen molar-refractivity contribution in [3.05, 3.63) is 117 Å². The molecule has 6 rings (SSSR count). The van der Waals surface area contributed by atoms with Gasteiger partial charge < -0.3 is 30.8 Å². The van der Waals surface area contributed by atoms with E-state index in [1.807, 2.05) is 6.07 Å². The zero-order valence-electron chi connectivity index (χ0n) is 33.4. The summed E-state index contributed by atoms with van der Waals surface area (Å²) < 4.78 is 14.9. The zero-order chi connectivity index (χ0) is 44.7. The summed E-state index contributed by atoms with van der Waals surface area (Å²) in [6.45, 7) is -0.636. The van der Waals surface area contributed by atoms with Crippen molar-refractivity contribution in [2.45, 2.75) is 62.4 Å². The number of ether oxygens (including phenoxy) is 3. The molecule has 0 aliphatic heterocycles. The molecule has 0 unspecified atom stereocenters. The van der Waals surface area contributed by atoms with Crippen LogP contribution in [0.5, 0.6) is 0 Å². The lowest BCUT2D eigenvalue weighted by Crippen LogP contribution is -2.54. The molecular formula is C42H45Cl3N6O10. The van der Waals surface area contributed by atoms with Crippen LogP contribution in [0.3, 0.4) is 0 Å². The third-order valence-corrected chi connectivity index (χ3v) is 11.1. The number of nitrogen functional groups attached to an aromatic ring is 2. The molecule has 0 spiro atoms. The first kappa shape index (κ1) is 47.7. The van der Waals surface area contributed by atoms with Gasteiger partial charge in [-0.05, 0) is 74.9 Å². The molecule has 2 saturated carbocycles. The summed E-state index contributed by atoms with van der Waals surface area (Å²) in [5, 5.41) is 9.31. The number of rotatable bonds is 9. The molecule has 0 bridgehead atoms. The van der Waals surface area contributed by atoms with Crippen molar-refractivity contribution in [1.29, 1.82) is 0 Å². The predicted octanol–water partition coefficient (Wildman–Crippen LogP) is 7.84. The number of ketones is 2. The van der Waals surface area contributed by atoms with E-state index in [-0.39, 0.29) is 40.4 Å². The van der Waals surface area contributed by atoms with Gasteiger partial charge in [0, 0.05) is 60.5 Å². The molecule has 61 heavy (non-hydrogen) atoms. The summed E-state index contributed by atoms with van der Waals surface area (Å²) in [4.78, 5) is 82.9. The lowest BCUT2D eigenvalue weighted by atomic mass is 9.74. The summed E-state index contributed by atoms with van der Waals surface area (Å²) >= 11 is 18.1. The van der Waals surface area contributed by atoms with Crippen LogP contribution in [-0.4, -0.2) is 87.5 Å². The lowest BCUT2D eigenvalue weighted by Gasteiger charge is -2.43. The fourth-order valence-electron chi connectivity index (χ4n) is 7.21. The van der Waals surface area contributed by atoms with Crippen molar-refractivity contribution >= 4 is 82.1 Å².